The molecule has 6 heteroatoms. The average molecular weight is 308 g/mol. The summed E-state index contributed by atoms with van der Waals surface area (Å²) >= 11 is 1.34. The first-order valence-electron chi connectivity index (χ1n) is 7.35. The van der Waals surface area contributed by atoms with E-state index in [2.05, 4.69) is 5.32 Å². The SMILES string of the molecule is COC(=O)c1scc(C)c1N1CCCC(NC2CC2)C1=O. The maximum atomic E-state index is 12.7. The van der Waals surface area contributed by atoms with E-state index in [0.717, 1.165) is 36.9 Å². The molecule has 0 bridgehead atoms. The van der Waals surface area contributed by atoms with Crippen LogP contribution in [-0.4, -0.2) is 37.6 Å². The van der Waals surface area contributed by atoms with Crippen molar-refractivity contribution in [2.75, 3.05) is 18.6 Å². The van der Waals surface area contributed by atoms with Crippen LogP contribution in [0.3, 0.4) is 0 Å². The molecule has 1 aliphatic carbocycles. The quantitative estimate of drug-likeness (QED) is 0.865. The topological polar surface area (TPSA) is 58.6 Å². The van der Waals surface area contributed by atoms with Gasteiger partial charge < -0.3 is 15.0 Å². The fraction of sp³-hybridized carbons (Fsp3) is 0.600. The van der Waals surface area contributed by atoms with Crippen molar-refractivity contribution in [1.82, 2.24) is 5.32 Å². The number of hydrogen-bond donors (Lipinski definition) is 1. The predicted molar refractivity (Wildman–Crippen MR) is 81.9 cm³/mol. The zero-order valence-corrected chi connectivity index (χ0v) is 13.2. The second-order valence-electron chi connectivity index (χ2n) is 5.71. The summed E-state index contributed by atoms with van der Waals surface area (Å²) in [6.07, 6.45) is 4.15. The summed E-state index contributed by atoms with van der Waals surface area (Å²) in [6, 6.07) is 0.388. The Hall–Kier alpha value is -1.40. The molecule has 0 spiro atoms. The fourth-order valence-electron chi connectivity index (χ4n) is 2.80. The molecule has 2 aliphatic rings. The van der Waals surface area contributed by atoms with E-state index in [9.17, 15) is 9.59 Å². The number of thiophene rings is 1. The van der Waals surface area contributed by atoms with E-state index in [-0.39, 0.29) is 17.9 Å². The first kappa shape index (κ1) is 14.5. The number of rotatable bonds is 4. The van der Waals surface area contributed by atoms with Crippen LogP contribution in [0, 0.1) is 6.92 Å². The summed E-state index contributed by atoms with van der Waals surface area (Å²) in [7, 11) is 1.37. The summed E-state index contributed by atoms with van der Waals surface area (Å²) in [4.78, 5) is 26.9. The van der Waals surface area contributed by atoms with Crippen LogP contribution in [0.2, 0.25) is 0 Å². The molecule has 1 aliphatic heterocycles. The highest BCUT2D eigenvalue weighted by molar-refractivity contribution is 7.12. The Morgan fingerprint density at radius 1 is 1.43 bits per heavy atom. The smallest absolute Gasteiger partial charge is 0.350 e. The number of anilines is 1. The molecule has 5 nitrogen and oxygen atoms in total. The van der Waals surface area contributed by atoms with Gasteiger partial charge in [0, 0.05) is 12.6 Å². The second-order valence-corrected chi connectivity index (χ2v) is 6.59. The zero-order valence-electron chi connectivity index (χ0n) is 12.3. The Balaban J connectivity index is 1.86. The van der Waals surface area contributed by atoms with Crippen molar-refractivity contribution in [1.29, 1.82) is 0 Å². The van der Waals surface area contributed by atoms with Gasteiger partial charge in [0.05, 0.1) is 18.8 Å². The molecule has 2 heterocycles. The van der Waals surface area contributed by atoms with Gasteiger partial charge >= 0.3 is 5.97 Å². The number of esters is 1. The molecule has 1 aromatic heterocycles. The molecule has 0 aromatic carbocycles. The van der Waals surface area contributed by atoms with Gasteiger partial charge in [0.25, 0.3) is 0 Å². The third-order valence-corrected chi connectivity index (χ3v) is 5.10. The summed E-state index contributed by atoms with van der Waals surface area (Å²) in [5.74, 6) is -0.284. The third-order valence-electron chi connectivity index (χ3n) is 4.04. The number of carbonyl (C=O) groups is 2. The van der Waals surface area contributed by atoms with Crippen LogP contribution in [0.1, 0.15) is 40.9 Å². The van der Waals surface area contributed by atoms with Crippen LogP contribution >= 0.6 is 11.3 Å². The molecular weight excluding hydrogens is 288 g/mol. The lowest BCUT2D eigenvalue weighted by molar-refractivity contribution is -0.121. The van der Waals surface area contributed by atoms with Crippen molar-refractivity contribution in [2.24, 2.45) is 0 Å². The summed E-state index contributed by atoms with van der Waals surface area (Å²) in [5, 5.41) is 5.32. The number of hydrogen-bond acceptors (Lipinski definition) is 5. The summed E-state index contributed by atoms with van der Waals surface area (Å²) < 4.78 is 4.84. The minimum atomic E-state index is -0.367. The highest BCUT2D eigenvalue weighted by atomic mass is 32.1. The molecule has 114 valence electrons. The minimum Gasteiger partial charge on any atom is -0.465 e. The van der Waals surface area contributed by atoms with Crippen molar-refractivity contribution in [3.05, 3.63) is 15.8 Å². The van der Waals surface area contributed by atoms with E-state index in [4.69, 9.17) is 4.74 Å². The van der Waals surface area contributed by atoms with Crippen molar-refractivity contribution in [2.45, 2.75) is 44.7 Å². The van der Waals surface area contributed by atoms with Crippen LogP contribution in [0.15, 0.2) is 5.38 Å². The standard InChI is InChI=1S/C15H20N2O3S/c1-9-8-21-13(15(19)20-2)12(9)17-7-3-4-11(14(17)18)16-10-5-6-10/h8,10-11,16H,3-7H2,1-2H3. The highest BCUT2D eigenvalue weighted by Gasteiger charge is 2.36. The highest BCUT2D eigenvalue weighted by Crippen LogP contribution is 2.34. The van der Waals surface area contributed by atoms with Gasteiger partial charge in [0.2, 0.25) is 5.91 Å². The van der Waals surface area contributed by atoms with Crippen LogP contribution in [0.25, 0.3) is 0 Å². The van der Waals surface area contributed by atoms with Gasteiger partial charge in [-0.25, -0.2) is 4.79 Å². The summed E-state index contributed by atoms with van der Waals surface area (Å²) in [5.41, 5.74) is 1.69. The lowest BCUT2D eigenvalue weighted by Crippen LogP contribution is -2.51. The van der Waals surface area contributed by atoms with Crippen LogP contribution in [0.5, 0.6) is 0 Å². The Kier molecular flexibility index (Phi) is 3.99. The van der Waals surface area contributed by atoms with Crippen molar-refractivity contribution in [3.63, 3.8) is 0 Å². The van der Waals surface area contributed by atoms with E-state index in [0.29, 0.717) is 17.5 Å². The molecular formula is C15H20N2O3S. The molecule has 1 saturated carbocycles. The maximum Gasteiger partial charge on any atom is 0.350 e. The van der Waals surface area contributed by atoms with Crippen LogP contribution in [-0.2, 0) is 9.53 Å². The van der Waals surface area contributed by atoms with Gasteiger partial charge in [-0.2, -0.15) is 0 Å². The van der Waals surface area contributed by atoms with E-state index >= 15 is 0 Å². The van der Waals surface area contributed by atoms with Gasteiger partial charge in [-0.3, -0.25) is 4.79 Å². The lowest BCUT2D eigenvalue weighted by atomic mass is 10.0. The number of aryl methyl sites for hydroxylation is 1. The van der Waals surface area contributed by atoms with Crippen molar-refractivity contribution in [3.8, 4) is 0 Å². The van der Waals surface area contributed by atoms with Gasteiger partial charge in [-0.15, -0.1) is 11.3 Å². The molecule has 1 saturated heterocycles. The van der Waals surface area contributed by atoms with Crippen LogP contribution in [0.4, 0.5) is 5.69 Å². The number of nitrogens with zero attached hydrogens (tertiary/aromatic N) is 1. The zero-order chi connectivity index (χ0) is 15.0. The number of piperidine rings is 1. The third kappa shape index (κ3) is 2.82. The van der Waals surface area contributed by atoms with Gasteiger partial charge in [0.1, 0.15) is 4.88 Å². The molecule has 1 unspecified atom stereocenters. The molecule has 0 radical (unpaired) electrons. The molecule has 3 rings (SSSR count). The number of amides is 1. The van der Waals surface area contributed by atoms with Gasteiger partial charge in [-0.05, 0) is 43.6 Å². The van der Waals surface area contributed by atoms with Crippen molar-refractivity contribution >= 4 is 28.9 Å². The van der Waals surface area contributed by atoms with Crippen LogP contribution < -0.4 is 10.2 Å². The van der Waals surface area contributed by atoms with E-state index in [1.807, 2.05) is 12.3 Å². The van der Waals surface area contributed by atoms with Gasteiger partial charge in [0.15, 0.2) is 0 Å². The minimum absolute atomic E-state index is 0.0832. The number of carbonyl (C=O) groups excluding carboxylic acids is 2. The molecule has 1 amide bonds. The Morgan fingerprint density at radius 3 is 2.86 bits per heavy atom. The first-order chi connectivity index (χ1) is 10.1. The Bertz CT molecular complexity index is 565. The average Bonchev–Trinajstić information content (AvgIpc) is 3.22. The van der Waals surface area contributed by atoms with Crippen molar-refractivity contribution < 1.29 is 14.3 Å². The monoisotopic (exact) mass is 308 g/mol. The summed E-state index contributed by atoms with van der Waals surface area (Å²) in [6.45, 7) is 2.60. The normalized spacial score (nSPS) is 22.5. The molecule has 1 atom stereocenters. The predicted octanol–water partition coefficient (Wildman–Crippen LogP) is 2.09. The fourth-order valence-corrected chi connectivity index (χ4v) is 3.77. The van der Waals surface area contributed by atoms with E-state index in [1.54, 1.807) is 4.90 Å². The van der Waals surface area contributed by atoms with Gasteiger partial charge in [-0.1, -0.05) is 0 Å². The van der Waals surface area contributed by atoms with E-state index < -0.39 is 0 Å². The molecule has 1 N–H and O–H groups in total. The maximum absolute atomic E-state index is 12.7. The molecule has 2 fully saturated rings. The molecule has 21 heavy (non-hydrogen) atoms. The Labute approximate surface area is 128 Å². The second kappa shape index (κ2) is 5.77. The van der Waals surface area contributed by atoms with E-state index in [1.165, 1.54) is 18.4 Å². The number of methoxy groups -OCH3 is 1. The number of nitrogens with one attached hydrogen (secondary N) is 1. The first-order valence-corrected chi connectivity index (χ1v) is 8.23. The number of ether oxygens (including phenoxy) is 1. The Morgan fingerprint density at radius 2 is 2.19 bits per heavy atom. The largest absolute Gasteiger partial charge is 0.465 e. The lowest BCUT2D eigenvalue weighted by Gasteiger charge is -2.33. The molecule has 1 aromatic rings.